The number of hydrogen-bond acceptors (Lipinski definition) is 6. The summed E-state index contributed by atoms with van der Waals surface area (Å²) in [7, 11) is 1.67. The Kier molecular flexibility index (Phi) is 7.90. The number of thiophene rings is 1. The van der Waals surface area contributed by atoms with Gasteiger partial charge in [0.05, 0.1) is 18.0 Å². The molecule has 0 radical (unpaired) electrons. The van der Waals surface area contributed by atoms with Gasteiger partial charge < -0.3 is 14.8 Å². The third-order valence-corrected chi connectivity index (χ3v) is 6.55. The Morgan fingerprint density at radius 3 is 2.79 bits per heavy atom. The number of fused-ring (bicyclic) bond motifs is 1. The lowest BCUT2D eigenvalue weighted by atomic mass is 10.1. The summed E-state index contributed by atoms with van der Waals surface area (Å²) in [6, 6.07) is 17.0. The van der Waals surface area contributed by atoms with Gasteiger partial charge in [-0.05, 0) is 29.7 Å². The molecule has 33 heavy (non-hydrogen) atoms. The lowest BCUT2D eigenvalue weighted by Gasteiger charge is -2.24. The van der Waals surface area contributed by atoms with E-state index in [4.69, 9.17) is 21.3 Å². The molecule has 0 saturated heterocycles. The highest BCUT2D eigenvalue weighted by molar-refractivity contribution is 7.17. The molecule has 1 unspecified atom stereocenters. The highest BCUT2D eigenvalue weighted by Crippen LogP contribution is 2.32. The lowest BCUT2D eigenvalue weighted by molar-refractivity contribution is 0.0981. The second-order valence-corrected chi connectivity index (χ2v) is 9.15. The first-order valence-electron chi connectivity index (χ1n) is 10.8. The van der Waals surface area contributed by atoms with E-state index in [1.165, 1.54) is 11.3 Å². The van der Waals surface area contributed by atoms with Crippen LogP contribution in [0.2, 0.25) is 5.02 Å². The van der Waals surface area contributed by atoms with Crippen molar-refractivity contribution in [3.8, 4) is 11.1 Å². The van der Waals surface area contributed by atoms with Crippen LogP contribution in [0.15, 0.2) is 64.8 Å². The van der Waals surface area contributed by atoms with Crippen LogP contribution in [0.5, 0.6) is 0 Å². The molecule has 0 fully saturated rings. The molecule has 0 aliphatic rings. The highest BCUT2D eigenvalue weighted by Gasteiger charge is 2.17. The van der Waals surface area contributed by atoms with Crippen LogP contribution < -0.4 is 5.56 Å². The van der Waals surface area contributed by atoms with E-state index in [0.717, 1.165) is 23.1 Å². The number of aliphatic hydroxyl groups excluding tert-OH is 1. The summed E-state index contributed by atoms with van der Waals surface area (Å²) >= 11 is 7.58. The van der Waals surface area contributed by atoms with Crippen LogP contribution in [-0.4, -0.2) is 46.8 Å². The second kappa shape index (κ2) is 11.0. The first kappa shape index (κ1) is 23.6. The van der Waals surface area contributed by atoms with Crippen molar-refractivity contribution in [1.82, 2.24) is 14.9 Å². The second-order valence-electron chi connectivity index (χ2n) is 7.86. The molecular weight excluding hydrogens is 458 g/mol. The van der Waals surface area contributed by atoms with Crippen LogP contribution in [0.3, 0.4) is 0 Å². The molecule has 0 amide bonds. The zero-order valence-electron chi connectivity index (χ0n) is 18.3. The molecule has 6 nitrogen and oxygen atoms in total. The molecule has 4 aromatic rings. The molecular formula is C25H26ClN3O3S. The molecule has 0 bridgehead atoms. The van der Waals surface area contributed by atoms with Crippen molar-refractivity contribution in [2.75, 3.05) is 26.8 Å². The Labute approximate surface area is 201 Å². The molecule has 0 aliphatic heterocycles. The third-order valence-electron chi connectivity index (χ3n) is 5.44. The van der Waals surface area contributed by atoms with Crippen molar-refractivity contribution >= 4 is 33.2 Å². The van der Waals surface area contributed by atoms with Crippen LogP contribution in [0.25, 0.3) is 21.3 Å². The SMILES string of the molecule is COCCCN(Cc1nc2scc(-c3cccc(Cl)c3)c2c(=O)[nH]1)CC(O)c1ccccc1. The minimum Gasteiger partial charge on any atom is -0.387 e. The first-order valence-corrected chi connectivity index (χ1v) is 12.0. The maximum atomic E-state index is 13.0. The Morgan fingerprint density at radius 1 is 1.21 bits per heavy atom. The molecule has 172 valence electrons. The van der Waals surface area contributed by atoms with Gasteiger partial charge in [0.15, 0.2) is 0 Å². The number of H-pyrrole nitrogens is 1. The fourth-order valence-corrected chi connectivity index (χ4v) is 5.00. The van der Waals surface area contributed by atoms with E-state index in [0.29, 0.717) is 47.3 Å². The van der Waals surface area contributed by atoms with E-state index < -0.39 is 6.10 Å². The van der Waals surface area contributed by atoms with Crippen LogP contribution in [0, 0.1) is 0 Å². The fourth-order valence-electron chi connectivity index (χ4n) is 3.84. The molecule has 1 atom stereocenters. The topological polar surface area (TPSA) is 78.5 Å². The number of benzene rings is 2. The van der Waals surface area contributed by atoms with Crippen molar-refractivity contribution in [1.29, 1.82) is 0 Å². The van der Waals surface area contributed by atoms with Gasteiger partial charge in [0, 0.05) is 42.8 Å². The maximum Gasteiger partial charge on any atom is 0.260 e. The number of nitrogens with one attached hydrogen (secondary N) is 1. The van der Waals surface area contributed by atoms with Crippen LogP contribution >= 0.6 is 22.9 Å². The number of hydrogen-bond donors (Lipinski definition) is 2. The number of ether oxygens (including phenoxy) is 1. The standard InChI is InChI=1S/C25H26ClN3O3S/c1-32-12-6-11-29(14-21(30)17-7-3-2-4-8-17)15-22-27-24(31)23-20(16-33-25(23)28-22)18-9-5-10-19(26)13-18/h2-5,7-10,13,16,21,30H,6,11-12,14-15H2,1H3,(H,27,28,31). The average Bonchev–Trinajstić information content (AvgIpc) is 3.24. The zero-order valence-corrected chi connectivity index (χ0v) is 19.9. The number of methoxy groups -OCH3 is 1. The molecule has 0 aliphatic carbocycles. The number of aromatic nitrogens is 2. The summed E-state index contributed by atoms with van der Waals surface area (Å²) in [5.74, 6) is 0.574. The Hall–Kier alpha value is -2.55. The summed E-state index contributed by atoms with van der Waals surface area (Å²) in [5.41, 5.74) is 2.40. The van der Waals surface area contributed by atoms with Crippen molar-refractivity contribution in [3.63, 3.8) is 0 Å². The van der Waals surface area contributed by atoms with Gasteiger partial charge in [-0.2, -0.15) is 0 Å². The number of halogens is 1. The molecule has 0 saturated carbocycles. The predicted octanol–water partition coefficient (Wildman–Crippen LogP) is 4.88. The van der Waals surface area contributed by atoms with E-state index in [9.17, 15) is 9.90 Å². The van der Waals surface area contributed by atoms with Gasteiger partial charge in [0.25, 0.3) is 5.56 Å². The van der Waals surface area contributed by atoms with E-state index in [-0.39, 0.29) is 5.56 Å². The van der Waals surface area contributed by atoms with Crippen molar-refractivity contribution in [2.45, 2.75) is 19.1 Å². The van der Waals surface area contributed by atoms with E-state index in [1.54, 1.807) is 7.11 Å². The Bertz CT molecular complexity index is 1260. The van der Waals surface area contributed by atoms with Gasteiger partial charge in [-0.15, -0.1) is 11.3 Å². The fraction of sp³-hybridized carbons (Fsp3) is 0.280. The number of aliphatic hydroxyl groups is 1. The van der Waals surface area contributed by atoms with Crippen LogP contribution in [0.1, 0.15) is 23.9 Å². The first-order chi connectivity index (χ1) is 16.0. The van der Waals surface area contributed by atoms with Gasteiger partial charge in [-0.1, -0.05) is 54.1 Å². The number of rotatable bonds is 10. The summed E-state index contributed by atoms with van der Waals surface area (Å²) in [6.07, 6.45) is 0.169. The quantitative estimate of drug-likeness (QED) is 0.314. The van der Waals surface area contributed by atoms with Crippen molar-refractivity contribution in [3.05, 3.63) is 86.7 Å². The molecule has 2 aromatic heterocycles. The summed E-state index contributed by atoms with van der Waals surface area (Å²) < 4.78 is 5.19. The van der Waals surface area contributed by atoms with Crippen molar-refractivity contribution < 1.29 is 9.84 Å². The zero-order chi connectivity index (χ0) is 23.2. The minimum atomic E-state index is -0.639. The van der Waals surface area contributed by atoms with Gasteiger partial charge in [-0.25, -0.2) is 4.98 Å². The molecule has 8 heteroatoms. The van der Waals surface area contributed by atoms with Crippen LogP contribution in [0.4, 0.5) is 0 Å². The predicted molar refractivity (Wildman–Crippen MR) is 134 cm³/mol. The largest absolute Gasteiger partial charge is 0.387 e. The molecule has 4 rings (SSSR count). The van der Waals surface area contributed by atoms with E-state index >= 15 is 0 Å². The highest BCUT2D eigenvalue weighted by atomic mass is 35.5. The van der Waals surface area contributed by atoms with E-state index in [1.807, 2.05) is 60.0 Å². The normalized spacial score (nSPS) is 12.5. The molecule has 0 spiro atoms. The number of nitrogens with zero attached hydrogens (tertiary/aromatic N) is 2. The van der Waals surface area contributed by atoms with Gasteiger partial charge >= 0.3 is 0 Å². The minimum absolute atomic E-state index is 0.174. The van der Waals surface area contributed by atoms with Crippen molar-refractivity contribution in [2.24, 2.45) is 0 Å². The summed E-state index contributed by atoms with van der Waals surface area (Å²) in [5, 5.41) is 13.9. The monoisotopic (exact) mass is 483 g/mol. The third kappa shape index (κ3) is 5.88. The maximum absolute atomic E-state index is 13.0. The Morgan fingerprint density at radius 2 is 2.03 bits per heavy atom. The van der Waals surface area contributed by atoms with Gasteiger partial charge in [-0.3, -0.25) is 9.69 Å². The average molecular weight is 484 g/mol. The molecule has 2 heterocycles. The molecule has 2 N–H and O–H groups in total. The molecule has 2 aromatic carbocycles. The van der Waals surface area contributed by atoms with Gasteiger partial charge in [0.1, 0.15) is 10.7 Å². The smallest absolute Gasteiger partial charge is 0.260 e. The Balaban J connectivity index is 1.58. The summed E-state index contributed by atoms with van der Waals surface area (Å²) in [4.78, 5) is 23.5. The summed E-state index contributed by atoms with van der Waals surface area (Å²) in [6.45, 7) is 2.17. The van der Waals surface area contributed by atoms with E-state index in [2.05, 4.69) is 9.88 Å². The van der Waals surface area contributed by atoms with Gasteiger partial charge in [0.2, 0.25) is 0 Å². The van der Waals surface area contributed by atoms with Crippen LogP contribution in [-0.2, 0) is 11.3 Å². The number of aromatic amines is 1. The lowest BCUT2D eigenvalue weighted by Crippen LogP contribution is -2.31.